The number of rotatable bonds is 12. The summed E-state index contributed by atoms with van der Waals surface area (Å²) in [5.41, 5.74) is 0.420. The second kappa shape index (κ2) is 14.4. The van der Waals surface area contributed by atoms with Gasteiger partial charge in [-0.1, -0.05) is 38.5 Å². The fourth-order valence-electron chi connectivity index (χ4n) is 4.29. The topological polar surface area (TPSA) is 114 Å². The van der Waals surface area contributed by atoms with Gasteiger partial charge in [0.15, 0.2) is 6.04 Å². The second-order valence-electron chi connectivity index (χ2n) is 8.85. The van der Waals surface area contributed by atoms with Crippen molar-refractivity contribution in [2.75, 3.05) is 20.2 Å². The highest BCUT2D eigenvalue weighted by molar-refractivity contribution is 5.93. The van der Waals surface area contributed by atoms with Crippen molar-refractivity contribution in [3.63, 3.8) is 0 Å². The Morgan fingerprint density at radius 3 is 2.53 bits per heavy atom. The van der Waals surface area contributed by atoms with Gasteiger partial charge in [0, 0.05) is 6.54 Å². The first-order chi connectivity index (χ1) is 16.4. The number of esters is 1. The molecule has 2 rings (SSSR count). The number of nitrogens with zero attached hydrogens (tertiary/aromatic N) is 1. The van der Waals surface area contributed by atoms with Crippen LogP contribution < -0.4 is 10.6 Å². The first-order valence-corrected chi connectivity index (χ1v) is 12.3. The Kier molecular flexibility index (Phi) is 11.6. The van der Waals surface area contributed by atoms with Crippen molar-refractivity contribution in [2.45, 2.75) is 89.3 Å². The Balaban J connectivity index is 1.90. The molecule has 1 saturated carbocycles. The molecule has 2 unspecified atom stereocenters. The van der Waals surface area contributed by atoms with Gasteiger partial charge >= 0.3 is 12.1 Å². The van der Waals surface area contributed by atoms with E-state index in [4.69, 9.17) is 9.47 Å². The van der Waals surface area contributed by atoms with Crippen LogP contribution >= 0.6 is 0 Å². The molecule has 2 aliphatic rings. The third-order valence-electron chi connectivity index (χ3n) is 6.24. The first kappa shape index (κ1) is 27.4. The Labute approximate surface area is 202 Å². The van der Waals surface area contributed by atoms with Crippen LogP contribution in [0.5, 0.6) is 0 Å². The van der Waals surface area contributed by atoms with Crippen LogP contribution in [-0.2, 0) is 23.9 Å². The Morgan fingerprint density at radius 2 is 1.85 bits per heavy atom. The first-order valence-electron chi connectivity index (χ1n) is 12.3. The molecule has 2 atom stereocenters. The maximum atomic E-state index is 13.0. The van der Waals surface area contributed by atoms with Gasteiger partial charge in [0.05, 0.1) is 7.11 Å². The van der Waals surface area contributed by atoms with E-state index in [0.717, 1.165) is 51.4 Å². The second-order valence-corrected chi connectivity index (χ2v) is 8.85. The summed E-state index contributed by atoms with van der Waals surface area (Å²) >= 11 is 0. The van der Waals surface area contributed by atoms with Gasteiger partial charge in [-0.3, -0.25) is 9.59 Å². The maximum absolute atomic E-state index is 13.0. The fraction of sp³-hybridized carbons (Fsp3) is 0.680. The average molecular weight is 478 g/mol. The highest BCUT2D eigenvalue weighted by Crippen LogP contribution is 2.21. The Bertz CT molecular complexity index is 760. The number of carbonyl (C=O) groups excluding carboxylic acids is 4. The Hall–Kier alpha value is -2.84. The largest absolute Gasteiger partial charge is 0.467 e. The summed E-state index contributed by atoms with van der Waals surface area (Å²) in [6, 6.07) is -1.76. The summed E-state index contributed by atoms with van der Waals surface area (Å²) in [5.74, 6) is -1.44. The lowest BCUT2D eigenvalue weighted by molar-refractivity contribution is -0.145. The van der Waals surface area contributed by atoms with Gasteiger partial charge in [-0.05, 0) is 56.9 Å². The van der Waals surface area contributed by atoms with E-state index in [1.54, 1.807) is 6.08 Å². The minimum atomic E-state index is -1.03. The number of unbranched alkanes of at least 4 members (excludes halogenated alkanes) is 3. The monoisotopic (exact) mass is 477 g/mol. The van der Waals surface area contributed by atoms with E-state index in [0.29, 0.717) is 25.0 Å². The van der Waals surface area contributed by atoms with Crippen molar-refractivity contribution in [1.82, 2.24) is 15.5 Å². The van der Waals surface area contributed by atoms with Gasteiger partial charge in [0.2, 0.25) is 11.8 Å². The van der Waals surface area contributed by atoms with Gasteiger partial charge in [-0.15, -0.1) is 0 Å². The van der Waals surface area contributed by atoms with Gasteiger partial charge in [-0.2, -0.15) is 0 Å². The molecule has 0 bridgehead atoms. The lowest BCUT2D eigenvalue weighted by Gasteiger charge is -2.26. The number of allylic oxidation sites excluding steroid dienone is 1. The van der Waals surface area contributed by atoms with Crippen LogP contribution in [0.2, 0.25) is 0 Å². The van der Waals surface area contributed by atoms with Gasteiger partial charge in [0.1, 0.15) is 18.7 Å². The number of amides is 3. The summed E-state index contributed by atoms with van der Waals surface area (Å²) in [4.78, 5) is 51.4. The number of ether oxygens (including phenoxy) is 2. The molecule has 0 aromatic heterocycles. The maximum Gasteiger partial charge on any atom is 0.407 e. The third kappa shape index (κ3) is 8.50. The molecule has 9 nitrogen and oxygen atoms in total. The number of likely N-dealkylation sites (tertiary alicyclic amines) is 1. The van der Waals surface area contributed by atoms with Crippen LogP contribution in [0.4, 0.5) is 4.79 Å². The number of carbonyl (C=O) groups is 4. The normalized spacial score (nSPS) is 19.1. The van der Waals surface area contributed by atoms with Crippen molar-refractivity contribution in [3.05, 3.63) is 24.3 Å². The molecule has 34 heavy (non-hydrogen) atoms. The van der Waals surface area contributed by atoms with E-state index in [9.17, 15) is 19.2 Å². The molecule has 1 aliphatic heterocycles. The highest BCUT2D eigenvalue weighted by atomic mass is 16.6. The molecular formula is C25H39N3O6. The molecule has 190 valence electrons. The van der Waals surface area contributed by atoms with Crippen molar-refractivity contribution in [1.29, 1.82) is 0 Å². The van der Waals surface area contributed by atoms with Crippen molar-refractivity contribution in [2.24, 2.45) is 0 Å². The molecule has 1 aliphatic carbocycles. The zero-order valence-electron chi connectivity index (χ0n) is 20.5. The zero-order chi connectivity index (χ0) is 24.9. The van der Waals surface area contributed by atoms with Gasteiger partial charge in [0.25, 0.3) is 0 Å². The summed E-state index contributed by atoms with van der Waals surface area (Å²) in [7, 11) is 1.25. The molecule has 2 N–H and O–H groups in total. The lowest BCUT2D eigenvalue weighted by atomic mass is 10.1. The standard InChI is InChI=1S/C25H39N3O6/c1-4-5-6-7-8-12-18(2)22(24(31)33-3)27-23(30)20-15-11-16-28(20)21(29)17-26-25(32)34-19-13-9-10-14-19/h8,12,19-20,22H,2,4-7,9-11,13-17H2,1,3H3,(H,26,32)(H,27,30)/b12-8-. The van der Waals surface area contributed by atoms with Crippen molar-refractivity contribution < 1.29 is 28.7 Å². The van der Waals surface area contributed by atoms with Crippen LogP contribution in [-0.4, -0.2) is 67.2 Å². The number of hydrogen-bond donors (Lipinski definition) is 2. The zero-order valence-corrected chi connectivity index (χ0v) is 20.5. The van der Waals surface area contributed by atoms with Crippen molar-refractivity contribution in [3.8, 4) is 0 Å². The molecule has 0 aromatic carbocycles. The summed E-state index contributed by atoms with van der Waals surface area (Å²) in [6.07, 6.45) is 12.0. The smallest absolute Gasteiger partial charge is 0.407 e. The predicted molar refractivity (Wildman–Crippen MR) is 128 cm³/mol. The molecule has 3 amide bonds. The molecule has 0 radical (unpaired) electrons. The van der Waals surface area contributed by atoms with E-state index in [2.05, 4.69) is 24.1 Å². The molecule has 1 heterocycles. The predicted octanol–water partition coefficient (Wildman–Crippen LogP) is 3.00. The fourth-order valence-corrected chi connectivity index (χ4v) is 4.29. The van der Waals surface area contributed by atoms with Crippen LogP contribution in [0.1, 0.15) is 71.1 Å². The lowest BCUT2D eigenvalue weighted by Crippen LogP contribution is -2.53. The number of hydrogen-bond acceptors (Lipinski definition) is 6. The van der Waals surface area contributed by atoms with E-state index < -0.39 is 30.1 Å². The quantitative estimate of drug-likeness (QED) is 0.254. The van der Waals surface area contributed by atoms with Gasteiger partial charge in [-0.25, -0.2) is 9.59 Å². The minimum Gasteiger partial charge on any atom is -0.467 e. The van der Waals surface area contributed by atoms with E-state index in [1.165, 1.54) is 12.0 Å². The van der Waals surface area contributed by atoms with Gasteiger partial charge < -0.3 is 25.0 Å². The number of nitrogens with one attached hydrogen (secondary N) is 2. The summed E-state index contributed by atoms with van der Waals surface area (Å²) in [5, 5.41) is 5.18. The van der Waals surface area contributed by atoms with E-state index in [-0.39, 0.29) is 18.6 Å². The van der Waals surface area contributed by atoms with E-state index >= 15 is 0 Å². The Morgan fingerprint density at radius 1 is 1.12 bits per heavy atom. The average Bonchev–Trinajstić information content (AvgIpc) is 3.52. The summed E-state index contributed by atoms with van der Waals surface area (Å²) < 4.78 is 10.1. The SMILES string of the molecule is C=C(/C=C\CCCCC)C(NC(=O)C1CCCN1C(=O)CNC(=O)OC1CCCC1)C(=O)OC. The molecule has 0 aromatic rings. The minimum absolute atomic E-state index is 0.0931. The van der Waals surface area contributed by atoms with Crippen molar-refractivity contribution >= 4 is 23.9 Å². The number of methoxy groups -OCH3 is 1. The molecule has 1 saturated heterocycles. The van der Waals surface area contributed by atoms with E-state index in [1.807, 2.05) is 6.08 Å². The number of alkyl carbamates (subject to hydrolysis) is 1. The summed E-state index contributed by atoms with van der Waals surface area (Å²) in [6.45, 7) is 6.20. The molecule has 0 spiro atoms. The molecule has 9 heteroatoms. The van der Waals surface area contributed by atoms with Crippen LogP contribution in [0.15, 0.2) is 24.3 Å². The molecule has 2 fully saturated rings. The highest BCUT2D eigenvalue weighted by Gasteiger charge is 2.36. The van der Waals surface area contributed by atoms with Crippen LogP contribution in [0.25, 0.3) is 0 Å². The third-order valence-corrected chi connectivity index (χ3v) is 6.24. The molecular weight excluding hydrogens is 438 g/mol. The van der Waals surface area contributed by atoms with Crippen LogP contribution in [0, 0.1) is 0 Å². The van der Waals surface area contributed by atoms with Crippen LogP contribution in [0.3, 0.4) is 0 Å².